The van der Waals surface area contributed by atoms with Gasteiger partial charge in [-0.05, 0) is 19.3 Å². The van der Waals surface area contributed by atoms with Gasteiger partial charge in [0.2, 0.25) is 0 Å². The van der Waals surface area contributed by atoms with E-state index in [1.54, 1.807) is 0 Å². The van der Waals surface area contributed by atoms with Crippen LogP contribution in [0.2, 0.25) is 0 Å². The highest BCUT2D eigenvalue weighted by molar-refractivity contribution is 6.06. The number of hydrogen-bond donors (Lipinski definition) is 1. The van der Waals surface area contributed by atoms with Gasteiger partial charge in [-0.1, -0.05) is 31.2 Å². The van der Waals surface area contributed by atoms with Crippen LogP contribution in [-0.4, -0.2) is 28.6 Å². The van der Waals surface area contributed by atoms with Gasteiger partial charge in [0.1, 0.15) is 5.82 Å². The molecule has 4 nitrogen and oxygen atoms in total. The summed E-state index contributed by atoms with van der Waals surface area (Å²) in [5.41, 5.74) is 0.275. The fourth-order valence-corrected chi connectivity index (χ4v) is 3.12. The van der Waals surface area contributed by atoms with Crippen molar-refractivity contribution in [2.24, 2.45) is 0 Å². The van der Waals surface area contributed by atoms with Gasteiger partial charge < -0.3 is 10.0 Å². The van der Waals surface area contributed by atoms with Gasteiger partial charge in [-0.25, -0.2) is 9.78 Å². The first kappa shape index (κ1) is 12.9. The maximum atomic E-state index is 11.3. The van der Waals surface area contributed by atoms with E-state index in [4.69, 9.17) is 0 Å². The normalized spacial score (nSPS) is 18.6. The molecule has 20 heavy (non-hydrogen) atoms. The molecule has 1 unspecified atom stereocenters. The number of nitrogens with zero attached hydrogens (tertiary/aromatic N) is 2. The summed E-state index contributed by atoms with van der Waals surface area (Å²) in [5, 5.41) is 11.0. The molecule has 4 heteroatoms. The third kappa shape index (κ3) is 2.01. The van der Waals surface area contributed by atoms with E-state index in [1.165, 1.54) is 19.0 Å². The molecule has 1 aliphatic rings. The maximum absolute atomic E-state index is 11.3. The van der Waals surface area contributed by atoms with E-state index in [1.807, 2.05) is 24.3 Å². The lowest BCUT2D eigenvalue weighted by Gasteiger charge is -2.26. The van der Waals surface area contributed by atoms with Crippen LogP contribution in [0.3, 0.4) is 0 Å². The number of fused-ring (bicyclic) bond motifs is 1. The molecule has 0 saturated carbocycles. The first-order valence-corrected chi connectivity index (χ1v) is 7.10. The molecule has 0 amide bonds. The number of carbonyl (C=O) groups is 1. The molecule has 3 rings (SSSR count). The topological polar surface area (TPSA) is 53.4 Å². The van der Waals surface area contributed by atoms with Crippen LogP contribution in [0.5, 0.6) is 0 Å². The maximum Gasteiger partial charge on any atom is 0.337 e. The number of pyridine rings is 1. The molecule has 1 aliphatic heterocycles. The molecular formula is C16H18N2O2. The van der Waals surface area contributed by atoms with Crippen molar-refractivity contribution in [3.63, 3.8) is 0 Å². The Labute approximate surface area is 118 Å². The molecule has 1 aromatic carbocycles. The molecule has 1 fully saturated rings. The smallest absolute Gasteiger partial charge is 0.337 e. The van der Waals surface area contributed by atoms with Crippen LogP contribution in [0.25, 0.3) is 10.8 Å². The zero-order chi connectivity index (χ0) is 14.1. The van der Waals surface area contributed by atoms with Gasteiger partial charge in [0.25, 0.3) is 0 Å². The van der Waals surface area contributed by atoms with Crippen LogP contribution < -0.4 is 4.90 Å². The lowest BCUT2D eigenvalue weighted by Crippen LogP contribution is -2.29. The van der Waals surface area contributed by atoms with E-state index in [-0.39, 0.29) is 5.56 Å². The highest BCUT2D eigenvalue weighted by Gasteiger charge is 2.26. The van der Waals surface area contributed by atoms with Crippen molar-refractivity contribution in [2.75, 3.05) is 11.4 Å². The molecule has 2 heterocycles. The summed E-state index contributed by atoms with van der Waals surface area (Å²) in [6, 6.07) is 8.16. The molecule has 0 spiro atoms. The van der Waals surface area contributed by atoms with Gasteiger partial charge in [0.05, 0.1) is 5.56 Å². The van der Waals surface area contributed by atoms with Gasteiger partial charge in [-0.2, -0.15) is 0 Å². The number of hydrogen-bond acceptors (Lipinski definition) is 3. The Morgan fingerprint density at radius 3 is 2.85 bits per heavy atom. The number of benzene rings is 1. The van der Waals surface area contributed by atoms with Crippen LogP contribution in [0.4, 0.5) is 5.82 Å². The second kappa shape index (κ2) is 5.12. The summed E-state index contributed by atoms with van der Waals surface area (Å²) in [7, 11) is 0. The monoisotopic (exact) mass is 270 g/mol. The summed E-state index contributed by atoms with van der Waals surface area (Å²) in [6.45, 7) is 3.19. The van der Waals surface area contributed by atoms with E-state index >= 15 is 0 Å². The predicted molar refractivity (Wildman–Crippen MR) is 79.4 cm³/mol. The van der Waals surface area contributed by atoms with Crippen LogP contribution in [0, 0.1) is 0 Å². The molecule has 2 aromatic rings. The van der Waals surface area contributed by atoms with Gasteiger partial charge in [0, 0.05) is 29.6 Å². The minimum absolute atomic E-state index is 0.275. The Balaban J connectivity index is 2.18. The highest BCUT2D eigenvalue weighted by Crippen LogP contribution is 2.32. The van der Waals surface area contributed by atoms with Crippen LogP contribution in [-0.2, 0) is 0 Å². The quantitative estimate of drug-likeness (QED) is 0.929. The average Bonchev–Trinajstić information content (AvgIpc) is 2.94. The summed E-state index contributed by atoms with van der Waals surface area (Å²) in [5.74, 6) is 0.00339. The predicted octanol–water partition coefficient (Wildman–Crippen LogP) is 3.31. The highest BCUT2D eigenvalue weighted by atomic mass is 16.4. The molecule has 104 valence electrons. The van der Waals surface area contributed by atoms with Crippen molar-refractivity contribution in [1.29, 1.82) is 0 Å². The first-order chi connectivity index (χ1) is 9.72. The molecule has 0 radical (unpaired) electrons. The Kier molecular flexibility index (Phi) is 3.30. The zero-order valence-corrected chi connectivity index (χ0v) is 11.5. The lowest BCUT2D eigenvalue weighted by atomic mass is 10.1. The van der Waals surface area contributed by atoms with Crippen LogP contribution >= 0.6 is 0 Å². The minimum Gasteiger partial charge on any atom is -0.478 e. The lowest BCUT2D eigenvalue weighted by molar-refractivity contribution is 0.0698. The SMILES string of the molecule is CCC1CCCN1c1ncc(C(=O)O)c2ccccc12. The van der Waals surface area contributed by atoms with Crippen molar-refractivity contribution in [2.45, 2.75) is 32.2 Å². The number of anilines is 1. The number of aromatic nitrogens is 1. The minimum atomic E-state index is -0.922. The Morgan fingerprint density at radius 2 is 2.15 bits per heavy atom. The summed E-state index contributed by atoms with van der Waals surface area (Å²) in [4.78, 5) is 18.1. The zero-order valence-electron chi connectivity index (χ0n) is 11.5. The molecule has 1 atom stereocenters. The Hall–Kier alpha value is -2.10. The van der Waals surface area contributed by atoms with Crippen molar-refractivity contribution in [3.05, 3.63) is 36.0 Å². The molecule has 1 aromatic heterocycles. The number of carboxylic acids is 1. The standard InChI is InChI=1S/C16H18N2O2/c1-2-11-6-5-9-18(11)15-13-8-4-3-7-12(13)14(10-17-15)16(19)20/h3-4,7-8,10-11H,2,5-6,9H2,1H3,(H,19,20). The summed E-state index contributed by atoms with van der Waals surface area (Å²) >= 11 is 0. The summed E-state index contributed by atoms with van der Waals surface area (Å²) < 4.78 is 0. The van der Waals surface area contributed by atoms with Crippen molar-refractivity contribution in [1.82, 2.24) is 4.98 Å². The van der Waals surface area contributed by atoms with Gasteiger partial charge >= 0.3 is 5.97 Å². The Morgan fingerprint density at radius 1 is 1.40 bits per heavy atom. The van der Waals surface area contributed by atoms with E-state index < -0.39 is 5.97 Å². The van der Waals surface area contributed by atoms with Gasteiger partial charge in [-0.3, -0.25) is 0 Å². The van der Waals surface area contributed by atoms with E-state index in [0.717, 1.165) is 29.6 Å². The molecular weight excluding hydrogens is 252 g/mol. The van der Waals surface area contributed by atoms with E-state index in [9.17, 15) is 9.90 Å². The second-order valence-electron chi connectivity index (χ2n) is 5.24. The van der Waals surface area contributed by atoms with Crippen LogP contribution in [0.1, 0.15) is 36.5 Å². The van der Waals surface area contributed by atoms with E-state index in [2.05, 4.69) is 16.8 Å². The van der Waals surface area contributed by atoms with Gasteiger partial charge in [-0.15, -0.1) is 0 Å². The fourth-order valence-electron chi connectivity index (χ4n) is 3.12. The first-order valence-electron chi connectivity index (χ1n) is 7.10. The third-order valence-electron chi connectivity index (χ3n) is 4.12. The average molecular weight is 270 g/mol. The van der Waals surface area contributed by atoms with Crippen molar-refractivity contribution < 1.29 is 9.90 Å². The number of carboxylic acid groups (broad SMARTS) is 1. The van der Waals surface area contributed by atoms with Crippen molar-refractivity contribution >= 4 is 22.6 Å². The number of aromatic carboxylic acids is 1. The van der Waals surface area contributed by atoms with E-state index in [0.29, 0.717) is 6.04 Å². The largest absolute Gasteiger partial charge is 0.478 e. The van der Waals surface area contributed by atoms with Gasteiger partial charge in [0.15, 0.2) is 0 Å². The fraction of sp³-hybridized carbons (Fsp3) is 0.375. The molecule has 1 saturated heterocycles. The third-order valence-corrected chi connectivity index (χ3v) is 4.12. The summed E-state index contributed by atoms with van der Waals surface area (Å²) in [6.07, 6.45) is 4.95. The van der Waals surface area contributed by atoms with Crippen molar-refractivity contribution in [3.8, 4) is 0 Å². The molecule has 0 bridgehead atoms. The molecule has 0 aliphatic carbocycles. The Bertz CT molecular complexity index is 654. The van der Waals surface area contributed by atoms with Crippen LogP contribution in [0.15, 0.2) is 30.5 Å². The second-order valence-corrected chi connectivity index (χ2v) is 5.24. The molecule has 1 N–H and O–H groups in total. The number of rotatable bonds is 3.